The molecule has 3 N–H and O–H groups in total. The molecule has 0 saturated heterocycles. The first-order chi connectivity index (χ1) is 16.6. The van der Waals surface area contributed by atoms with Crippen LogP contribution in [0, 0.1) is 17.8 Å². The van der Waals surface area contributed by atoms with Gasteiger partial charge in [-0.05, 0) is 67.5 Å². The number of hydrogen-bond donors (Lipinski definition) is 3. The maximum Gasteiger partial charge on any atom is 0.227 e. The largest absolute Gasteiger partial charge is 0.354 e. The fraction of sp³-hybridized carbons (Fsp3) is 0.448. The summed E-state index contributed by atoms with van der Waals surface area (Å²) >= 11 is 0. The molecule has 2 aliphatic carbocycles. The number of hydrogen-bond acceptors (Lipinski definition) is 2. The number of amides is 2. The van der Waals surface area contributed by atoms with Gasteiger partial charge in [-0.3, -0.25) is 9.59 Å². The zero-order chi connectivity index (χ0) is 23.5. The summed E-state index contributed by atoms with van der Waals surface area (Å²) in [7, 11) is 0. The number of carbonyl (C=O) groups is 2. The number of aromatic nitrogens is 1. The molecule has 5 nitrogen and oxygen atoms in total. The molecule has 5 heteroatoms. The summed E-state index contributed by atoms with van der Waals surface area (Å²) in [6.45, 7) is 2.19. The van der Waals surface area contributed by atoms with Crippen LogP contribution in [0.25, 0.3) is 22.2 Å². The Morgan fingerprint density at radius 1 is 0.765 bits per heavy atom. The number of fused-ring (bicyclic) bond motifs is 1. The Labute approximate surface area is 201 Å². The van der Waals surface area contributed by atoms with Crippen LogP contribution in [0.5, 0.6) is 0 Å². The average Bonchev–Trinajstić information content (AvgIpc) is 3.29. The number of nitrogens with one attached hydrogen (secondary N) is 3. The van der Waals surface area contributed by atoms with Crippen molar-refractivity contribution in [1.82, 2.24) is 4.98 Å². The van der Waals surface area contributed by atoms with Crippen LogP contribution in [0.1, 0.15) is 64.7 Å². The summed E-state index contributed by atoms with van der Waals surface area (Å²) in [6.07, 6.45) is 10.1. The number of rotatable bonds is 5. The lowest BCUT2D eigenvalue weighted by Crippen LogP contribution is -2.30. The summed E-state index contributed by atoms with van der Waals surface area (Å²) < 4.78 is 0. The monoisotopic (exact) mass is 457 g/mol. The highest BCUT2D eigenvalue weighted by molar-refractivity contribution is 5.96. The molecule has 2 amide bonds. The van der Waals surface area contributed by atoms with Gasteiger partial charge in [-0.2, -0.15) is 0 Å². The third kappa shape index (κ3) is 5.03. The Morgan fingerprint density at radius 3 is 2.21 bits per heavy atom. The van der Waals surface area contributed by atoms with Gasteiger partial charge in [-0.1, -0.05) is 57.2 Å². The summed E-state index contributed by atoms with van der Waals surface area (Å²) in [4.78, 5) is 28.8. The maximum absolute atomic E-state index is 12.7. The van der Waals surface area contributed by atoms with Gasteiger partial charge in [-0.25, -0.2) is 0 Å². The number of benzene rings is 2. The van der Waals surface area contributed by atoms with E-state index in [0.717, 1.165) is 78.5 Å². The smallest absolute Gasteiger partial charge is 0.227 e. The number of anilines is 2. The first-order valence-electron chi connectivity index (χ1n) is 12.9. The minimum Gasteiger partial charge on any atom is -0.354 e. The first-order valence-corrected chi connectivity index (χ1v) is 12.9. The second-order valence-corrected chi connectivity index (χ2v) is 10.2. The zero-order valence-electron chi connectivity index (χ0n) is 20.0. The fourth-order valence-electron chi connectivity index (χ4n) is 5.64. The topological polar surface area (TPSA) is 74.0 Å². The predicted molar refractivity (Wildman–Crippen MR) is 139 cm³/mol. The minimum atomic E-state index is 0.120. The molecule has 1 heterocycles. The van der Waals surface area contributed by atoms with Crippen LogP contribution in [0.4, 0.5) is 11.4 Å². The lowest BCUT2D eigenvalue weighted by atomic mass is 9.80. The van der Waals surface area contributed by atoms with Crippen molar-refractivity contribution in [1.29, 1.82) is 0 Å². The van der Waals surface area contributed by atoms with Crippen molar-refractivity contribution >= 4 is 34.1 Å². The molecule has 0 radical (unpaired) electrons. The van der Waals surface area contributed by atoms with Crippen molar-refractivity contribution in [3.8, 4) is 11.3 Å². The highest BCUT2D eigenvalue weighted by Gasteiger charge is 2.27. The molecule has 178 valence electrons. The molecule has 2 atom stereocenters. The minimum absolute atomic E-state index is 0.120. The number of carbonyl (C=O) groups excluding carboxylic acids is 2. The number of H-pyrrole nitrogens is 1. The zero-order valence-corrected chi connectivity index (χ0v) is 20.0. The van der Waals surface area contributed by atoms with E-state index in [4.69, 9.17) is 0 Å². The molecule has 2 unspecified atom stereocenters. The Bertz CT molecular complexity index is 1160. The van der Waals surface area contributed by atoms with Crippen LogP contribution in [-0.2, 0) is 9.59 Å². The van der Waals surface area contributed by atoms with E-state index in [9.17, 15) is 9.59 Å². The molecule has 0 spiro atoms. The molecule has 3 aromatic rings. The molecular formula is C29H35N3O2. The maximum atomic E-state index is 12.7. The van der Waals surface area contributed by atoms with Gasteiger partial charge in [0.25, 0.3) is 0 Å². The van der Waals surface area contributed by atoms with E-state index in [0.29, 0.717) is 5.92 Å². The third-order valence-electron chi connectivity index (χ3n) is 7.78. The van der Waals surface area contributed by atoms with Crippen LogP contribution in [-0.4, -0.2) is 16.8 Å². The summed E-state index contributed by atoms with van der Waals surface area (Å²) in [6, 6.07) is 16.2. The average molecular weight is 458 g/mol. The van der Waals surface area contributed by atoms with Crippen LogP contribution in [0.15, 0.2) is 48.5 Å². The van der Waals surface area contributed by atoms with Gasteiger partial charge in [0.2, 0.25) is 11.8 Å². The van der Waals surface area contributed by atoms with Crippen molar-refractivity contribution in [3.63, 3.8) is 0 Å². The van der Waals surface area contributed by atoms with Crippen molar-refractivity contribution in [3.05, 3.63) is 48.5 Å². The molecule has 34 heavy (non-hydrogen) atoms. The molecule has 2 aliphatic rings. The van der Waals surface area contributed by atoms with E-state index < -0.39 is 0 Å². The predicted octanol–water partition coefficient (Wildman–Crippen LogP) is 7.12. The van der Waals surface area contributed by atoms with E-state index in [1.54, 1.807) is 0 Å². The molecule has 2 fully saturated rings. The van der Waals surface area contributed by atoms with Gasteiger partial charge >= 0.3 is 0 Å². The quantitative estimate of drug-likeness (QED) is 0.382. The summed E-state index contributed by atoms with van der Waals surface area (Å²) in [5.41, 5.74) is 4.76. The van der Waals surface area contributed by atoms with E-state index in [1.807, 2.05) is 42.5 Å². The van der Waals surface area contributed by atoms with Gasteiger partial charge in [0, 0.05) is 39.8 Å². The highest BCUT2D eigenvalue weighted by Crippen LogP contribution is 2.32. The lowest BCUT2D eigenvalue weighted by molar-refractivity contribution is -0.122. The third-order valence-corrected chi connectivity index (χ3v) is 7.78. The van der Waals surface area contributed by atoms with E-state index >= 15 is 0 Å². The molecule has 1 aromatic heterocycles. The SMILES string of the molecule is CC1CCCCC1C(=O)Nc1ccc(-c2cc3ccc(NC(=O)C4CCCCC4)cc3[nH]2)cc1. The fourth-order valence-corrected chi connectivity index (χ4v) is 5.64. The molecule has 0 aliphatic heterocycles. The van der Waals surface area contributed by atoms with E-state index in [-0.39, 0.29) is 23.7 Å². The Balaban J connectivity index is 1.25. The number of aromatic amines is 1. The first kappa shape index (κ1) is 22.7. The second kappa shape index (κ2) is 10.0. The summed E-state index contributed by atoms with van der Waals surface area (Å²) in [5, 5.41) is 7.33. The van der Waals surface area contributed by atoms with Crippen molar-refractivity contribution in [2.24, 2.45) is 17.8 Å². The standard InChI is InChI=1S/C29H35N3O2/c1-19-7-5-6-10-25(19)29(34)30-23-14-11-20(12-15-23)26-17-22-13-16-24(18-27(22)32-26)31-28(33)21-8-3-2-4-9-21/h11-19,21,25,32H,2-10H2,1H3,(H,30,34)(H,31,33). The Kier molecular flexibility index (Phi) is 6.70. The van der Waals surface area contributed by atoms with Gasteiger partial charge in [0.05, 0.1) is 0 Å². The Morgan fingerprint density at radius 2 is 1.44 bits per heavy atom. The molecule has 5 rings (SSSR count). The van der Waals surface area contributed by atoms with E-state index in [1.165, 1.54) is 12.8 Å². The van der Waals surface area contributed by atoms with Gasteiger partial charge in [-0.15, -0.1) is 0 Å². The molecule has 2 aromatic carbocycles. The van der Waals surface area contributed by atoms with E-state index in [2.05, 4.69) is 28.6 Å². The van der Waals surface area contributed by atoms with Crippen molar-refractivity contribution < 1.29 is 9.59 Å². The van der Waals surface area contributed by atoms with Crippen LogP contribution < -0.4 is 10.6 Å². The van der Waals surface area contributed by atoms with Gasteiger partial charge in [0.1, 0.15) is 0 Å². The van der Waals surface area contributed by atoms with Gasteiger partial charge in [0.15, 0.2) is 0 Å². The molecule has 0 bridgehead atoms. The normalized spacial score (nSPS) is 21.3. The van der Waals surface area contributed by atoms with Crippen LogP contribution in [0.3, 0.4) is 0 Å². The molecular weight excluding hydrogens is 422 g/mol. The lowest BCUT2D eigenvalue weighted by Gasteiger charge is -2.27. The molecule has 2 saturated carbocycles. The summed E-state index contributed by atoms with van der Waals surface area (Å²) in [5.74, 6) is 1.01. The Hall–Kier alpha value is -3.08. The van der Waals surface area contributed by atoms with Gasteiger partial charge < -0.3 is 15.6 Å². The van der Waals surface area contributed by atoms with Crippen LogP contribution in [0.2, 0.25) is 0 Å². The highest BCUT2D eigenvalue weighted by atomic mass is 16.2. The second-order valence-electron chi connectivity index (χ2n) is 10.2. The van der Waals surface area contributed by atoms with Crippen molar-refractivity contribution in [2.45, 2.75) is 64.7 Å². The van der Waals surface area contributed by atoms with Crippen LogP contribution >= 0.6 is 0 Å². The van der Waals surface area contributed by atoms with Crippen molar-refractivity contribution in [2.75, 3.05) is 10.6 Å².